The minimum Gasteiger partial charge on any atom is -0.352 e. The summed E-state index contributed by atoms with van der Waals surface area (Å²) in [7, 11) is 1.84. The molecule has 11 heteroatoms. The standard InChI is InChI=1S/C24H27F2N7O2/c1-30-23-19(13-29-30)24(28-15-27-23)33-10-8-32(9-11-33)21(34)14-31-6-4-16(5-7-31)22(35)18-12-17(25)2-3-20(18)26/h2-3,12-13,15-16H,4-11,14H2,1H3. The normalized spacial score (nSPS) is 17.8. The summed E-state index contributed by atoms with van der Waals surface area (Å²) in [5, 5.41) is 5.16. The van der Waals surface area contributed by atoms with Crippen LogP contribution in [-0.2, 0) is 11.8 Å². The van der Waals surface area contributed by atoms with Crippen molar-refractivity contribution in [3.63, 3.8) is 0 Å². The lowest BCUT2D eigenvalue weighted by Gasteiger charge is -2.37. The number of piperazine rings is 1. The molecule has 2 aliphatic heterocycles. The maximum atomic E-state index is 14.0. The molecule has 2 fully saturated rings. The number of rotatable bonds is 5. The lowest BCUT2D eigenvalue weighted by molar-refractivity contribution is -0.133. The van der Waals surface area contributed by atoms with E-state index in [1.807, 2.05) is 16.8 Å². The second-order valence-corrected chi connectivity index (χ2v) is 9.11. The zero-order chi connectivity index (χ0) is 24.5. The molecule has 2 aromatic heterocycles. The van der Waals surface area contributed by atoms with Crippen molar-refractivity contribution in [3.8, 4) is 0 Å². The molecule has 0 spiro atoms. The number of carbonyl (C=O) groups is 2. The number of ketones is 1. The number of amides is 1. The molecule has 0 saturated carbocycles. The molecular formula is C24H27F2N7O2. The van der Waals surface area contributed by atoms with Crippen LogP contribution in [0, 0.1) is 17.6 Å². The molecule has 0 N–H and O–H groups in total. The van der Waals surface area contributed by atoms with Crippen LogP contribution in [0.2, 0.25) is 0 Å². The van der Waals surface area contributed by atoms with Gasteiger partial charge in [-0.05, 0) is 44.1 Å². The summed E-state index contributed by atoms with van der Waals surface area (Å²) >= 11 is 0. The second kappa shape index (κ2) is 9.65. The highest BCUT2D eigenvalue weighted by atomic mass is 19.1. The number of halogens is 2. The van der Waals surface area contributed by atoms with Gasteiger partial charge in [-0.2, -0.15) is 5.10 Å². The fraction of sp³-hybridized carbons (Fsp3) is 0.458. The first-order valence-electron chi connectivity index (χ1n) is 11.8. The third kappa shape index (κ3) is 4.72. The van der Waals surface area contributed by atoms with E-state index in [9.17, 15) is 18.4 Å². The molecule has 3 aromatic rings. The highest BCUT2D eigenvalue weighted by Gasteiger charge is 2.30. The molecule has 5 rings (SSSR count). The van der Waals surface area contributed by atoms with Crippen LogP contribution in [-0.4, -0.2) is 87.1 Å². The van der Waals surface area contributed by atoms with E-state index in [4.69, 9.17) is 0 Å². The quantitative estimate of drug-likeness (QED) is 0.512. The Balaban J connectivity index is 1.12. The lowest BCUT2D eigenvalue weighted by Crippen LogP contribution is -2.52. The Morgan fingerprint density at radius 2 is 1.77 bits per heavy atom. The van der Waals surface area contributed by atoms with E-state index in [2.05, 4.69) is 20.0 Å². The van der Waals surface area contributed by atoms with E-state index in [0.717, 1.165) is 35.1 Å². The SMILES string of the molecule is Cn1ncc2c(N3CCN(C(=O)CN4CCC(C(=O)c5cc(F)ccc5F)CC4)CC3)ncnc21. The number of anilines is 1. The summed E-state index contributed by atoms with van der Waals surface area (Å²) in [6.45, 7) is 3.95. The van der Waals surface area contributed by atoms with Gasteiger partial charge >= 0.3 is 0 Å². The third-order valence-electron chi connectivity index (χ3n) is 6.95. The number of nitrogens with zero attached hydrogens (tertiary/aromatic N) is 7. The summed E-state index contributed by atoms with van der Waals surface area (Å²) in [4.78, 5) is 40.3. The van der Waals surface area contributed by atoms with Crippen molar-refractivity contribution >= 4 is 28.5 Å². The van der Waals surface area contributed by atoms with E-state index >= 15 is 0 Å². The predicted molar refractivity (Wildman–Crippen MR) is 125 cm³/mol. The highest BCUT2D eigenvalue weighted by Crippen LogP contribution is 2.25. The smallest absolute Gasteiger partial charge is 0.236 e. The monoisotopic (exact) mass is 483 g/mol. The number of carbonyl (C=O) groups excluding carboxylic acids is 2. The number of hydrogen-bond donors (Lipinski definition) is 0. The van der Waals surface area contributed by atoms with E-state index < -0.39 is 11.6 Å². The zero-order valence-electron chi connectivity index (χ0n) is 19.5. The summed E-state index contributed by atoms with van der Waals surface area (Å²) in [6.07, 6.45) is 4.34. The van der Waals surface area contributed by atoms with E-state index in [1.54, 1.807) is 10.9 Å². The van der Waals surface area contributed by atoms with Gasteiger partial charge in [-0.1, -0.05) is 0 Å². The Kier molecular flexibility index (Phi) is 6.42. The average Bonchev–Trinajstić information content (AvgIpc) is 3.26. The molecular weight excluding hydrogens is 456 g/mol. The van der Waals surface area contributed by atoms with Crippen LogP contribution in [0.5, 0.6) is 0 Å². The van der Waals surface area contributed by atoms with E-state index in [0.29, 0.717) is 52.1 Å². The number of piperidine rings is 1. The predicted octanol–water partition coefficient (Wildman–Crippen LogP) is 1.88. The minimum absolute atomic E-state index is 0.0554. The number of benzene rings is 1. The maximum Gasteiger partial charge on any atom is 0.236 e. The Labute approximate surface area is 201 Å². The van der Waals surface area contributed by atoms with Gasteiger partial charge < -0.3 is 9.80 Å². The van der Waals surface area contributed by atoms with Crippen LogP contribution < -0.4 is 4.90 Å². The van der Waals surface area contributed by atoms with Gasteiger partial charge in [0.05, 0.1) is 23.7 Å². The van der Waals surface area contributed by atoms with Crippen molar-refractivity contribution in [1.82, 2.24) is 29.5 Å². The molecule has 2 saturated heterocycles. The molecule has 1 aromatic carbocycles. The molecule has 2 aliphatic rings. The largest absolute Gasteiger partial charge is 0.352 e. The molecule has 4 heterocycles. The van der Waals surface area contributed by atoms with Gasteiger partial charge in [-0.3, -0.25) is 19.2 Å². The second-order valence-electron chi connectivity index (χ2n) is 9.11. The van der Waals surface area contributed by atoms with Gasteiger partial charge in [0.25, 0.3) is 0 Å². The molecule has 9 nitrogen and oxygen atoms in total. The Morgan fingerprint density at radius 1 is 1.03 bits per heavy atom. The highest BCUT2D eigenvalue weighted by molar-refractivity contribution is 5.98. The van der Waals surface area contributed by atoms with E-state index in [1.165, 1.54) is 6.33 Å². The zero-order valence-corrected chi connectivity index (χ0v) is 19.5. The van der Waals surface area contributed by atoms with Crippen molar-refractivity contribution in [2.45, 2.75) is 12.8 Å². The molecule has 184 valence electrons. The minimum atomic E-state index is -0.695. The van der Waals surface area contributed by atoms with Crippen LogP contribution in [0.15, 0.2) is 30.7 Å². The molecule has 0 aliphatic carbocycles. The van der Waals surface area contributed by atoms with Crippen molar-refractivity contribution in [2.24, 2.45) is 13.0 Å². The topological polar surface area (TPSA) is 87.5 Å². The van der Waals surface area contributed by atoms with E-state index in [-0.39, 0.29) is 29.7 Å². The van der Waals surface area contributed by atoms with Gasteiger partial charge in [0.15, 0.2) is 11.4 Å². The number of fused-ring (bicyclic) bond motifs is 1. The maximum absolute atomic E-state index is 14.0. The third-order valence-corrected chi connectivity index (χ3v) is 6.95. The number of Topliss-reactive ketones (excluding diaryl/α,β-unsaturated/α-hetero) is 1. The Bertz CT molecular complexity index is 1250. The summed E-state index contributed by atoms with van der Waals surface area (Å²) < 4.78 is 29.2. The van der Waals surface area contributed by atoms with Gasteiger partial charge in [0.1, 0.15) is 23.8 Å². The lowest BCUT2D eigenvalue weighted by atomic mass is 9.88. The van der Waals surface area contributed by atoms with Crippen LogP contribution in [0.4, 0.5) is 14.6 Å². The molecule has 0 atom stereocenters. The first-order chi connectivity index (χ1) is 16.9. The molecule has 0 bridgehead atoms. The van der Waals surface area contributed by atoms with Crippen molar-refractivity contribution in [1.29, 1.82) is 0 Å². The van der Waals surface area contributed by atoms with Gasteiger partial charge in [-0.15, -0.1) is 0 Å². The average molecular weight is 484 g/mol. The molecule has 1 amide bonds. The van der Waals surface area contributed by atoms with Crippen molar-refractivity contribution in [3.05, 3.63) is 47.9 Å². The van der Waals surface area contributed by atoms with Crippen molar-refractivity contribution in [2.75, 3.05) is 50.7 Å². The molecule has 35 heavy (non-hydrogen) atoms. The van der Waals surface area contributed by atoms with Gasteiger partial charge in [0, 0.05) is 39.1 Å². The Hall–Kier alpha value is -3.47. The fourth-order valence-electron chi connectivity index (χ4n) is 4.92. The van der Waals surface area contributed by atoms with Crippen LogP contribution in [0.3, 0.4) is 0 Å². The number of aryl methyl sites for hydroxylation is 1. The summed E-state index contributed by atoms with van der Waals surface area (Å²) in [6, 6.07) is 2.96. The van der Waals surface area contributed by atoms with Crippen molar-refractivity contribution < 1.29 is 18.4 Å². The summed E-state index contributed by atoms with van der Waals surface area (Å²) in [5.41, 5.74) is 0.583. The first-order valence-corrected chi connectivity index (χ1v) is 11.8. The van der Waals surface area contributed by atoms with Crippen LogP contribution in [0.1, 0.15) is 23.2 Å². The van der Waals surface area contributed by atoms with Gasteiger partial charge in [0.2, 0.25) is 5.91 Å². The summed E-state index contributed by atoms with van der Waals surface area (Å²) in [5.74, 6) is -1.16. The fourth-order valence-corrected chi connectivity index (χ4v) is 4.92. The molecule has 0 radical (unpaired) electrons. The Morgan fingerprint density at radius 3 is 2.51 bits per heavy atom. The first kappa shape index (κ1) is 23.3. The van der Waals surface area contributed by atoms with Gasteiger partial charge in [-0.25, -0.2) is 18.7 Å². The van der Waals surface area contributed by atoms with Crippen LogP contribution in [0.25, 0.3) is 11.0 Å². The number of likely N-dealkylation sites (tertiary alicyclic amines) is 1. The number of aromatic nitrogens is 4. The van der Waals surface area contributed by atoms with Crippen LogP contribution >= 0.6 is 0 Å². The number of hydrogen-bond acceptors (Lipinski definition) is 7. The molecule has 0 unspecified atom stereocenters.